The van der Waals surface area contributed by atoms with Crippen molar-refractivity contribution in [2.24, 2.45) is 5.92 Å². The molecule has 3 rings (SSSR count). The maximum absolute atomic E-state index is 13.1. The molecule has 2 N–H and O–H groups in total. The first-order valence-electron chi connectivity index (χ1n) is 8.22. The van der Waals surface area contributed by atoms with Crippen molar-refractivity contribution < 1.29 is 18.8 Å². The molecule has 134 valence electrons. The first-order valence-corrected chi connectivity index (χ1v) is 8.60. The van der Waals surface area contributed by atoms with Gasteiger partial charge in [-0.25, -0.2) is 9.18 Å². The van der Waals surface area contributed by atoms with Crippen LogP contribution in [0.4, 0.5) is 14.9 Å². The lowest BCUT2D eigenvalue weighted by atomic mass is 9.73. The highest BCUT2D eigenvalue weighted by atomic mass is 35.5. The average molecular weight is 368 g/mol. The number of hydrogen-bond acceptors (Lipinski definition) is 3. The lowest BCUT2D eigenvalue weighted by molar-refractivity contribution is -0.136. The number of halogens is 2. The number of nitrogens with one attached hydrogen (secondary N) is 2. The molecular weight excluding hydrogens is 349 g/mol. The Hall–Kier alpha value is -2.15. The quantitative estimate of drug-likeness (QED) is 0.806. The number of urea groups is 1. The van der Waals surface area contributed by atoms with Crippen LogP contribution in [0.5, 0.6) is 0 Å². The molecule has 1 saturated carbocycles. The number of imide groups is 1. The van der Waals surface area contributed by atoms with Gasteiger partial charge in [0.05, 0.1) is 10.7 Å². The molecular formula is C17H19ClFN3O3. The molecule has 8 heteroatoms. The van der Waals surface area contributed by atoms with Crippen LogP contribution in [0, 0.1) is 11.7 Å². The van der Waals surface area contributed by atoms with E-state index in [1.54, 1.807) is 0 Å². The molecule has 2 aliphatic rings. The van der Waals surface area contributed by atoms with Crippen LogP contribution in [0.2, 0.25) is 5.02 Å². The minimum Gasteiger partial charge on any atom is -0.323 e. The van der Waals surface area contributed by atoms with Gasteiger partial charge < -0.3 is 10.6 Å². The number of carbonyl (C=O) groups is 3. The van der Waals surface area contributed by atoms with Crippen LogP contribution in [0.25, 0.3) is 0 Å². The Labute approximate surface area is 149 Å². The van der Waals surface area contributed by atoms with Crippen LogP contribution in [0.15, 0.2) is 18.2 Å². The molecule has 1 aromatic carbocycles. The fourth-order valence-corrected chi connectivity index (χ4v) is 3.78. The highest BCUT2D eigenvalue weighted by molar-refractivity contribution is 6.33. The fourth-order valence-electron chi connectivity index (χ4n) is 3.56. The van der Waals surface area contributed by atoms with Crippen molar-refractivity contribution in [2.45, 2.75) is 38.1 Å². The zero-order valence-electron chi connectivity index (χ0n) is 13.8. The lowest BCUT2D eigenvalue weighted by Gasteiger charge is -2.36. The van der Waals surface area contributed by atoms with Crippen LogP contribution in [0.3, 0.4) is 0 Å². The van der Waals surface area contributed by atoms with Crippen LogP contribution >= 0.6 is 11.6 Å². The van der Waals surface area contributed by atoms with Crippen LogP contribution < -0.4 is 10.6 Å². The molecule has 2 fully saturated rings. The Balaban J connectivity index is 1.71. The summed E-state index contributed by atoms with van der Waals surface area (Å²) in [4.78, 5) is 38.2. The Bertz CT molecular complexity index is 742. The summed E-state index contributed by atoms with van der Waals surface area (Å²) in [5.41, 5.74) is -0.677. The van der Waals surface area contributed by atoms with Gasteiger partial charge in [0.2, 0.25) is 5.91 Å². The van der Waals surface area contributed by atoms with E-state index in [4.69, 9.17) is 11.6 Å². The van der Waals surface area contributed by atoms with Crippen molar-refractivity contribution in [2.75, 3.05) is 11.9 Å². The third-order valence-electron chi connectivity index (χ3n) is 5.01. The number of carbonyl (C=O) groups excluding carboxylic acids is 3. The summed E-state index contributed by atoms with van der Waals surface area (Å²) in [6.07, 6.45) is 3.33. The minimum absolute atomic E-state index is 0.0253. The predicted octanol–water partition coefficient (Wildman–Crippen LogP) is 2.92. The van der Waals surface area contributed by atoms with Crippen molar-refractivity contribution in [3.63, 3.8) is 0 Å². The molecule has 1 aliphatic carbocycles. The number of hydrogen-bond donors (Lipinski definition) is 2. The zero-order chi connectivity index (χ0) is 18.2. The second-order valence-corrected chi connectivity index (χ2v) is 7.02. The largest absolute Gasteiger partial charge is 0.325 e. The fraction of sp³-hybridized carbons (Fsp3) is 0.471. The maximum atomic E-state index is 13.1. The van der Waals surface area contributed by atoms with Gasteiger partial charge in [-0.15, -0.1) is 0 Å². The first-order chi connectivity index (χ1) is 11.8. The van der Waals surface area contributed by atoms with Crippen LogP contribution in [-0.2, 0) is 9.59 Å². The first kappa shape index (κ1) is 17.7. The predicted molar refractivity (Wildman–Crippen MR) is 90.6 cm³/mol. The molecule has 1 aliphatic heterocycles. The maximum Gasteiger partial charge on any atom is 0.325 e. The summed E-state index contributed by atoms with van der Waals surface area (Å²) in [6.45, 7) is 1.53. The van der Waals surface area contributed by atoms with Crippen molar-refractivity contribution in [3.05, 3.63) is 29.0 Å². The summed E-state index contributed by atoms with van der Waals surface area (Å²) >= 11 is 5.87. The van der Waals surface area contributed by atoms with Gasteiger partial charge in [-0.05, 0) is 37.0 Å². The highest BCUT2D eigenvalue weighted by Crippen LogP contribution is 2.38. The van der Waals surface area contributed by atoms with E-state index in [0.29, 0.717) is 6.42 Å². The van der Waals surface area contributed by atoms with Gasteiger partial charge >= 0.3 is 6.03 Å². The third-order valence-corrected chi connectivity index (χ3v) is 5.32. The molecule has 25 heavy (non-hydrogen) atoms. The van der Waals surface area contributed by atoms with Crippen molar-refractivity contribution in [1.29, 1.82) is 0 Å². The van der Waals surface area contributed by atoms with E-state index in [9.17, 15) is 18.8 Å². The Kier molecular flexibility index (Phi) is 4.69. The second kappa shape index (κ2) is 6.63. The van der Waals surface area contributed by atoms with Crippen molar-refractivity contribution >= 4 is 35.1 Å². The number of benzene rings is 1. The van der Waals surface area contributed by atoms with E-state index in [0.717, 1.165) is 36.3 Å². The molecule has 4 amide bonds. The molecule has 2 atom stereocenters. The monoisotopic (exact) mass is 367 g/mol. The minimum atomic E-state index is -0.900. The second-order valence-electron chi connectivity index (χ2n) is 6.61. The van der Waals surface area contributed by atoms with Gasteiger partial charge in [0.1, 0.15) is 17.9 Å². The lowest BCUT2D eigenvalue weighted by Crippen LogP contribution is -2.54. The van der Waals surface area contributed by atoms with E-state index < -0.39 is 29.8 Å². The smallest absolute Gasteiger partial charge is 0.323 e. The van der Waals surface area contributed by atoms with Gasteiger partial charge in [0.25, 0.3) is 5.91 Å². The van der Waals surface area contributed by atoms with E-state index in [-0.39, 0.29) is 22.5 Å². The summed E-state index contributed by atoms with van der Waals surface area (Å²) in [5.74, 6) is -1.43. The Morgan fingerprint density at radius 1 is 1.44 bits per heavy atom. The van der Waals surface area contributed by atoms with E-state index in [2.05, 4.69) is 10.6 Å². The Morgan fingerprint density at radius 2 is 2.20 bits per heavy atom. The molecule has 1 aromatic rings. The third kappa shape index (κ3) is 3.20. The van der Waals surface area contributed by atoms with Gasteiger partial charge in [0, 0.05) is 0 Å². The van der Waals surface area contributed by atoms with E-state index >= 15 is 0 Å². The normalized spacial score (nSPS) is 26.0. The molecule has 6 nitrogen and oxygen atoms in total. The average Bonchev–Trinajstić information content (AvgIpc) is 2.78. The summed E-state index contributed by atoms with van der Waals surface area (Å²) in [7, 11) is 0. The van der Waals surface area contributed by atoms with E-state index in [1.807, 2.05) is 6.92 Å². The van der Waals surface area contributed by atoms with Gasteiger partial charge in [-0.3, -0.25) is 14.5 Å². The van der Waals surface area contributed by atoms with Gasteiger partial charge in [0.15, 0.2) is 0 Å². The molecule has 0 aromatic heterocycles. The van der Waals surface area contributed by atoms with Gasteiger partial charge in [-0.2, -0.15) is 0 Å². The zero-order valence-corrected chi connectivity index (χ0v) is 14.5. The van der Waals surface area contributed by atoms with Gasteiger partial charge in [-0.1, -0.05) is 31.4 Å². The molecule has 1 spiro atoms. The number of anilines is 1. The van der Waals surface area contributed by atoms with Crippen molar-refractivity contribution in [3.8, 4) is 0 Å². The standard InChI is InChI=1S/C17H19ClFN3O3/c1-10-4-2-3-7-17(10)15(24)22(16(25)21-17)9-14(23)20-13-6-5-11(19)8-12(13)18/h5-6,8,10H,2-4,7,9H2,1H3,(H,20,23)(H,21,25). The van der Waals surface area contributed by atoms with E-state index in [1.165, 1.54) is 6.07 Å². The van der Waals surface area contributed by atoms with Crippen molar-refractivity contribution in [1.82, 2.24) is 10.2 Å². The molecule has 0 radical (unpaired) electrons. The molecule has 1 heterocycles. The Morgan fingerprint density at radius 3 is 2.88 bits per heavy atom. The number of nitrogens with zero attached hydrogens (tertiary/aromatic N) is 1. The van der Waals surface area contributed by atoms with Crippen LogP contribution in [-0.4, -0.2) is 34.8 Å². The SMILES string of the molecule is CC1CCCCC12NC(=O)N(CC(=O)Nc1ccc(F)cc1Cl)C2=O. The molecule has 2 unspecified atom stereocenters. The number of amides is 4. The molecule has 1 saturated heterocycles. The van der Waals surface area contributed by atoms with Crippen LogP contribution in [0.1, 0.15) is 32.6 Å². The topological polar surface area (TPSA) is 78.5 Å². The summed E-state index contributed by atoms with van der Waals surface area (Å²) in [5, 5.41) is 5.33. The summed E-state index contributed by atoms with van der Waals surface area (Å²) in [6, 6.07) is 3.00. The number of rotatable bonds is 3. The molecule has 0 bridgehead atoms. The summed E-state index contributed by atoms with van der Waals surface area (Å²) < 4.78 is 13.1. The highest BCUT2D eigenvalue weighted by Gasteiger charge is 2.55.